The quantitative estimate of drug-likeness (QED) is 0.259. The Bertz CT molecular complexity index is 1640. The van der Waals surface area contributed by atoms with Gasteiger partial charge in [-0.3, -0.25) is 4.57 Å². The van der Waals surface area contributed by atoms with E-state index in [1.54, 1.807) is 17.1 Å². The van der Waals surface area contributed by atoms with Crippen molar-refractivity contribution < 1.29 is 5.11 Å². The number of piperidine rings is 1. The van der Waals surface area contributed by atoms with Crippen molar-refractivity contribution in [3.63, 3.8) is 0 Å². The number of pyridine rings is 2. The van der Waals surface area contributed by atoms with Crippen molar-refractivity contribution >= 4 is 17.0 Å². The summed E-state index contributed by atoms with van der Waals surface area (Å²) < 4.78 is 3.80. The van der Waals surface area contributed by atoms with Crippen LogP contribution in [0.25, 0.3) is 34.1 Å². The van der Waals surface area contributed by atoms with Crippen LogP contribution < -0.4 is 16.4 Å². The molecule has 10 heteroatoms. The van der Waals surface area contributed by atoms with Gasteiger partial charge in [0.15, 0.2) is 17.3 Å². The first kappa shape index (κ1) is 27.1. The molecule has 5 heterocycles. The van der Waals surface area contributed by atoms with Crippen LogP contribution in [0.5, 0.6) is 0 Å². The van der Waals surface area contributed by atoms with Gasteiger partial charge < -0.3 is 21.5 Å². The fourth-order valence-corrected chi connectivity index (χ4v) is 6.03. The summed E-state index contributed by atoms with van der Waals surface area (Å²) in [5.74, 6) is 2.18. The van der Waals surface area contributed by atoms with Gasteiger partial charge >= 0.3 is 0 Å². The Kier molecular flexibility index (Phi) is 7.53. The number of aromatic nitrogens is 6. The number of rotatable bonds is 5. The Balaban J connectivity index is 0.00000148. The second-order valence-corrected chi connectivity index (χ2v) is 10.5. The fourth-order valence-electron chi connectivity index (χ4n) is 6.03. The molecule has 1 fully saturated rings. The van der Waals surface area contributed by atoms with E-state index in [1.807, 2.05) is 50.4 Å². The first-order chi connectivity index (χ1) is 20.1. The summed E-state index contributed by atoms with van der Waals surface area (Å²) >= 11 is 0. The zero-order valence-electron chi connectivity index (χ0n) is 23.7. The number of β-amino-alcohol motifs (C(OH)–C–C–N with tert-alkyl or cyclic N) is 1. The highest BCUT2D eigenvalue weighted by atomic mass is 16.3. The molecule has 2 aliphatic rings. The Morgan fingerprint density at radius 2 is 1.93 bits per heavy atom. The van der Waals surface area contributed by atoms with Crippen LogP contribution >= 0.6 is 0 Å². The molecule has 4 atom stereocenters. The molecule has 1 aromatic carbocycles. The van der Waals surface area contributed by atoms with Crippen LogP contribution in [0.3, 0.4) is 0 Å². The maximum Gasteiger partial charge on any atom is 0.167 e. The lowest BCUT2D eigenvalue weighted by Gasteiger charge is -2.36. The molecule has 0 spiro atoms. The summed E-state index contributed by atoms with van der Waals surface area (Å²) in [5, 5.41) is 22.0. The average Bonchev–Trinajstić information content (AvgIpc) is 3.75. The topological polar surface area (TPSA) is 132 Å². The molecule has 1 aliphatic carbocycles. The number of anilines is 1. The van der Waals surface area contributed by atoms with Gasteiger partial charge in [-0.2, -0.15) is 5.10 Å². The summed E-state index contributed by atoms with van der Waals surface area (Å²) in [5.41, 5.74) is 12.1. The van der Waals surface area contributed by atoms with E-state index in [4.69, 9.17) is 15.7 Å². The zero-order valence-corrected chi connectivity index (χ0v) is 23.7. The van der Waals surface area contributed by atoms with E-state index in [9.17, 15) is 5.11 Å². The van der Waals surface area contributed by atoms with Gasteiger partial charge in [0.2, 0.25) is 0 Å². The smallest absolute Gasteiger partial charge is 0.167 e. The van der Waals surface area contributed by atoms with Crippen LogP contribution in [-0.2, 0) is 6.42 Å². The minimum atomic E-state index is -0.392. The van der Waals surface area contributed by atoms with E-state index in [-0.39, 0.29) is 12.1 Å². The Labute approximate surface area is 239 Å². The first-order valence-electron chi connectivity index (χ1n) is 14.5. The van der Waals surface area contributed by atoms with Crippen LogP contribution in [0.4, 0.5) is 5.82 Å². The average molecular weight is 552 g/mol. The normalized spacial score (nSPS) is 21.9. The molecule has 5 aromatic rings. The second-order valence-electron chi connectivity index (χ2n) is 10.5. The molecule has 4 unspecified atom stereocenters. The van der Waals surface area contributed by atoms with E-state index in [0.717, 1.165) is 41.8 Å². The van der Waals surface area contributed by atoms with Crippen LogP contribution in [0.1, 0.15) is 44.4 Å². The molecule has 212 valence electrons. The molecule has 4 aromatic heterocycles. The predicted molar refractivity (Wildman–Crippen MR) is 161 cm³/mol. The zero-order chi connectivity index (χ0) is 28.5. The third kappa shape index (κ3) is 4.99. The third-order valence-corrected chi connectivity index (χ3v) is 8.01. The van der Waals surface area contributed by atoms with Crippen LogP contribution in [0.15, 0.2) is 67.1 Å². The molecular weight excluding hydrogens is 514 g/mol. The number of fused-ring (bicyclic) bond motifs is 2. The van der Waals surface area contributed by atoms with Crippen molar-refractivity contribution in [3.05, 3.63) is 78.2 Å². The van der Waals surface area contributed by atoms with Gasteiger partial charge in [-0.1, -0.05) is 26.8 Å². The molecular formula is C31H37N9O. The third-order valence-electron chi connectivity index (χ3n) is 8.01. The molecule has 1 aliphatic heterocycles. The van der Waals surface area contributed by atoms with Gasteiger partial charge in [-0.25, -0.2) is 19.6 Å². The Morgan fingerprint density at radius 3 is 2.71 bits per heavy atom. The number of aryl methyl sites for hydroxylation is 1. The van der Waals surface area contributed by atoms with Crippen LogP contribution in [-0.4, -0.2) is 59.6 Å². The van der Waals surface area contributed by atoms with E-state index in [2.05, 4.69) is 50.4 Å². The van der Waals surface area contributed by atoms with Crippen molar-refractivity contribution in [1.29, 1.82) is 0 Å². The number of hydrogen-bond acceptors (Lipinski definition) is 8. The number of imidazole rings is 1. The molecule has 0 radical (unpaired) electrons. The van der Waals surface area contributed by atoms with Crippen molar-refractivity contribution in [1.82, 2.24) is 39.9 Å². The van der Waals surface area contributed by atoms with Gasteiger partial charge in [-0.05, 0) is 78.9 Å². The molecule has 0 amide bonds. The molecule has 1 saturated heterocycles. The molecule has 5 N–H and O–H groups in total. The minimum absolute atomic E-state index is 0.0737. The van der Waals surface area contributed by atoms with Gasteiger partial charge in [0.25, 0.3) is 0 Å². The minimum Gasteiger partial charge on any atom is -0.390 e. The first-order valence-corrected chi connectivity index (χ1v) is 14.5. The van der Waals surface area contributed by atoms with Crippen LogP contribution in [0.2, 0.25) is 0 Å². The highest BCUT2D eigenvalue weighted by Gasteiger charge is 2.33. The largest absolute Gasteiger partial charge is 0.390 e. The number of nitrogens with two attached hydrogens (primary N) is 1. The predicted octanol–water partition coefficient (Wildman–Crippen LogP) is 3.82. The summed E-state index contributed by atoms with van der Waals surface area (Å²) in [6.45, 7) is 7.73. The highest BCUT2D eigenvalue weighted by molar-refractivity contribution is 5.83. The molecule has 41 heavy (non-hydrogen) atoms. The number of nitrogen functional groups attached to an aromatic ring is 1. The number of nitrogens with one attached hydrogen (secondary N) is 2. The van der Waals surface area contributed by atoms with Gasteiger partial charge in [0.05, 0.1) is 11.7 Å². The van der Waals surface area contributed by atoms with Gasteiger partial charge in [-0.15, -0.1) is 0 Å². The lowest BCUT2D eigenvalue weighted by atomic mass is 9.91. The lowest BCUT2D eigenvalue weighted by Crippen LogP contribution is -2.56. The number of hydrogen-bond donors (Lipinski definition) is 4. The molecule has 7 rings (SSSR count). The maximum atomic E-state index is 10.6. The highest BCUT2D eigenvalue weighted by Crippen LogP contribution is 2.36. The van der Waals surface area contributed by atoms with Crippen molar-refractivity contribution in [3.8, 4) is 22.9 Å². The van der Waals surface area contributed by atoms with Crippen molar-refractivity contribution in [2.24, 2.45) is 5.92 Å². The second kappa shape index (κ2) is 11.4. The standard InChI is InChI=1S/C29H31N9O.C2H6/c1-17-15-31-16-24(39)26(17)34-22-8-5-18-14-19(6-7-20(18)22)38-28(21-4-2-11-32-27(21)30)35-23-9-10-25(36-29(23)38)37-13-3-12-33-37;1-2/h2-4,6-7,9-14,17,22,24,26,31,34,39H,5,8,15-16H2,1H3,(H2,30,32);1-2H3. The lowest BCUT2D eigenvalue weighted by molar-refractivity contribution is 0.0688. The molecule has 0 saturated carbocycles. The van der Waals surface area contributed by atoms with E-state index in [0.29, 0.717) is 29.9 Å². The fraction of sp³-hybridized carbons (Fsp3) is 0.355. The van der Waals surface area contributed by atoms with Crippen LogP contribution in [0, 0.1) is 5.92 Å². The summed E-state index contributed by atoms with van der Waals surface area (Å²) in [7, 11) is 0. The van der Waals surface area contributed by atoms with Gasteiger partial charge in [0, 0.05) is 42.9 Å². The monoisotopic (exact) mass is 551 g/mol. The Morgan fingerprint density at radius 1 is 1.05 bits per heavy atom. The Hall–Kier alpha value is -4.12. The number of aliphatic hydroxyl groups is 1. The van der Waals surface area contributed by atoms with Crippen molar-refractivity contribution in [2.75, 3.05) is 18.8 Å². The van der Waals surface area contributed by atoms with E-state index >= 15 is 0 Å². The number of aliphatic hydroxyl groups excluding tert-OH is 1. The molecule has 0 bridgehead atoms. The summed E-state index contributed by atoms with van der Waals surface area (Å²) in [6, 6.07) is 16.4. The SMILES string of the molecule is CC.CC1CNCC(O)C1NC1CCc2cc(-n3c(-c4cccnc4N)nc4ccc(-n5cccn5)nc43)ccc21. The van der Waals surface area contributed by atoms with E-state index in [1.165, 1.54) is 11.1 Å². The van der Waals surface area contributed by atoms with E-state index < -0.39 is 6.10 Å². The molecule has 10 nitrogen and oxygen atoms in total. The maximum absolute atomic E-state index is 10.6. The van der Waals surface area contributed by atoms with Crippen molar-refractivity contribution in [2.45, 2.75) is 51.8 Å². The number of benzene rings is 1. The van der Waals surface area contributed by atoms with Gasteiger partial charge in [0.1, 0.15) is 11.3 Å². The summed E-state index contributed by atoms with van der Waals surface area (Å²) in [4.78, 5) is 14.2. The summed E-state index contributed by atoms with van der Waals surface area (Å²) in [6.07, 6.45) is 6.85. The number of nitrogens with zero attached hydrogens (tertiary/aromatic N) is 6.